The van der Waals surface area contributed by atoms with Crippen LogP contribution in [-0.2, 0) is 0 Å². The van der Waals surface area contributed by atoms with Gasteiger partial charge in [0.1, 0.15) is 0 Å². The Hall–Kier alpha value is -0.410. The number of thiazole rings is 1. The summed E-state index contributed by atoms with van der Waals surface area (Å²) in [5.41, 5.74) is 3.37. The van der Waals surface area contributed by atoms with Crippen molar-refractivity contribution in [2.45, 2.75) is 53.6 Å². The Balaban J connectivity index is 2.64. The van der Waals surface area contributed by atoms with Crippen molar-refractivity contribution >= 4 is 11.3 Å². The molecular formula is C12H22N2S. The van der Waals surface area contributed by atoms with E-state index in [-0.39, 0.29) is 0 Å². The highest BCUT2D eigenvalue weighted by Gasteiger charge is 2.22. The van der Waals surface area contributed by atoms with Gasteiger partial charge in [-0.3, -0.25) is 0 Å². The monoisotopic (exact) mass is 226 g/mol. The average molecular weight is 226 g/mol. The Morgan fingerprint density at radius 2 is 1.93 bits per heavy atom. The van der Waals surface area contributed by atoms with Crippen LogP contribution in [0.4, 0.5) is 0 Å². The first-order valence-corrected chi connectivity index (χ1v) is 6.36. The number of aryl methyl sites for hydroxylation is 1. The van der Waals surface area contributed by atoms with Gasteiger partial charge in [0.15, 0.2) is 0 Å². The van der Waals surface area contributed by atoms with Crippen LogP contribution in [0, 0.1) is 12.3 Å². The highest BCUT2D eigenvalue weighted by molar-refractivity contribution is 7.09. The first-order chi connectivity index (χ1) is 6.82. The van der Waals surface area contributed by atoms with E-state index in [0.29, 0.717) is 17.5 Å². The van der Waals surface area contributed by atoms with Crippen molar-refractivity contribution in [2.24, 2.45) is 5.41 Å². The number of rotatable bonds is 3. The maximum Gasteiger partial charge on any atom is 0.0798 e. The summed E-state index contributed by atoms with van der Waals surface area (Å²) in [5.74, 6) is 0. The van der Waals surface area contributed by atoms with E-state index in [1.807, 2.05) is 5.51 Å². The summed E-state index contributed by atoms with van der Waals surface area (Å²) in [5, 5.41) is 3.63. The summed E-state index contributed by atoms with van der Waals surface area (Å²) in [6.07, 6.45) is 0. The molecule has 0 aliphatic rings. The fourth-order valence-corrected chi connectivity index (χ4v) is 2.25. The highest BCUT2D eigenvalue weighted by atomic mass is 32.1. The van der Waals surface area contributed by atoms with Gasteiger partial charge in [0, 0.05) is 17.0 Å². The van der Waals surface area contributed by atoms with E-state index < -0.39 is 0 Å². The van der Waals surface area contributed by atoms with Crippen LogP contribution in [0.15, 0.2) is 5.51 Å². The number of hydrogen-bond acceptors (Lipinski definition) is 3. The molecule has 0 aromatic carbocycles. The van der Waals surface area contributed by atoms with E-state index in [2.05, 4.69) is 51.8 Å². The van der Waals surface area contributed by atoms with Crippen LogP contribution in [0.25, 0.3) is 0 Å². The van der Waals surface area contributed by atoms with Crippen molar-refractivity contribution in [2.75, 3.05) is 0 Å². The van der Waals surface area contributed by atoms with Crippen LogP contribution in [0.3, 0.4) is 0 Å². The largest absolute Gasteiger partial charge is 0.306 e. The molecule has 1 N–H and O–H groups in total. The van der Waals surface area contributed by atoms with Crippen molar-refractivity contribution in [3.05, 3.63) is 16.1 Å². The Kier molecular flexibility index (Phi) is 3.90. The van der Waals surface area contributed by atoms with Gasteiger partial charge in [-0.15, -0.1) is 11.3 Å². The summed E-state index contributed by atoms with van der Waals surface area (Å²) < 4.78 is 0. The third-order valence-electron chi connectivity index (χ3n) is 2.97. The minimum absolute atomic E-state index is 0.298. The van der Waals surface area contributed by atoms with Crippen molar-refractivity contribution < 1.29 is 0 Å². The highest BCUT2D eigenvalue weighted by Crippen LogP contribution is 2.25. The minimum atomic E-state index is 0.298. The summed E-state index contributed by atoms with van der Waals surface area (Å²) in [6.45, 7) is 13.3. The molecule has 2 nitrogen and oxygen atoms in total. The van der Waals surface area contributed by atoms with E-state index in [1.165, 1.54) is 4.88 Å². The molecule has 0 amide bonds. The number of hydrogen-bond donors (Lipinski definition) is 1. The third kappa shape index (κ3) is 3.28. The number of nitrogens with zero attached hydrogens (tertiary/aromatic N) is 1. The van der Waals surface area contributed by atoms with Gasteiger partial charge in [0.2, 0.25) is 0 Å². The van der Waals surface area contributed by atoms with E-state index in [1.54, 1.807) is 11.3 Å². The van der Waals surface area contributed by atoms with Gasteiger partial charge in [-0.1, -0.05) is 20.8 Å². The molecule has 0 bridgehead atoms. The average Bonchev–Trinajstić information content (AvgIpc) is 2.49. The molecule has 0 saturated carbocycles. The van der Waals surface area contributed by atoms with Crippen LogP contribution < -0.4 is 5.32 Å². The van der Waals surface area contributed by atoms with Crippen molar-refractivity contribution in [3.8, 4) is 0 Å². The Bertz CT molecular complexity index is 312. The third-order valence-corrected chi connectivity index (χ3v) is 4.09. The van der Waals surface area contributed by atoms with Crippen LogP contribution >= 0.6 is 11.3 Å². The summed E-state index contributed by atoms with van der Waals surface area (Å²) in [4.78, 5) is 5.64. The van der Waals surface area contributed by atoms with Gasteiger partial charge in [0.25, 0.3) is 0 Å². The van der Waals surface area contributed by atoms with Gasteiger partial charge in [-0.2, -0.15) is 0 Å². The zero-order valence-corrected chi connectivity index (χ0v) is 11.4. The fourth-order valence-electron chi connectivity index (χ4n) is 1.43. The Morgan fingerprint density at radius 1 is 1.33 bits per heavy atom. The van der Waals surface area contributed by atoms with Crippen molar-refractivity contribution in [1.82, 2.24) is 10.3 Å². The second-order valence-electron chi connectivity index (χ2n) is 5.28. The van der Waals surface area contributed by atoms with Gasteiger partial charge in [0.05, 0.1) is 11.2 Å². The van der Waals surface area contributed by atoms with Gasteiger partial charge < -0.3 is 5.32 Å². The Morgan fingerprint density at radius 3 is 2.33 bits per heavy atom. The summed E-state index contributed by atoms with van der Waals surface area (Å²) in [7, 11) is 0. The Labute approximate surface area is 97.1 Å². The van der Waals surface area contributed by atoms with Crippen molar-refractivity contribution in [1.29, 1.82) is 0 Å². The molecule has 3 heteroatoms. The maximum atomic E-state index is 4.29. The quantitative estimate of drug-likeness (QED) is 0.852. The first-order valence-electron chi connectivity index (χ1n) is 5.48. The first kappa shape index (κ1) is 12.7. The molecule has 0 spiro atoms. The van der Waals surface area contributed by atoms with Crippen LogP contribution in [0.1, 0.15) is 51.2 Å². The lowest BCUT2D eigenvalue weighted by molar-refractivity contribution is 0.269. The molecule has 0 radical (unpaired) electrons. The minimum Gasteiger partial charge on any atom is -0.306 e. The topological polar surface area (TPSA) is 24.9 Å². The predicted octanol–water partition coefficient (Wildman–Crippen LogP) is 3.54. The van der Waals surface area contributed by atoms with Crippen molar-refractivity contribution in [3.63, 3.8) is 0 Å². The molecule has 1 rings (SSSR count). The van der Waals surface area contributed by atoms with Crippen LogP contribution in [-0.4, -0.2) is 11.0 Å². The lowest BCUT2D eigenvalue weighted by Crippen LogP contribution is -2.39. The van der Waals surface area contributed by atoms with Gasteiger partial charge in [-0.05, 0) is 26.2 Å². The molecule has 2 atom stereocenters. The lowest BCUT2D eigenvalue weighted by atomic mass is 9.87. The van der Waals surface area contributed by atoms with Gasteiger partial charge in [-0.25, -0.2) is 4.98 Å². The maximum absolute atomic E-state index is 4.29. The van der Waals surface area contributed by atoms with E-state index in [4.69, 9.17) is 0 Å². The fraction of sp³-hybridized carbons (Fsp3) is 0.750. The predicted molar refractivity (Wildman–Crippen MR) is 67.3 cm³/mol. The smallest absolute Gasteiger partial charge is 0.0798 e. The number of aromatic nitrogens is 1. The zero-order valence-electron chi connectivity index (χ0n) is 10.6. The molecule has 1 aromatic heterocycles. The standard InChI is InChI=1S/C12H22N2S/c1-8-11(15-7-13-8)9(2)14-10(3)12(4,5)6/h7,9-10,14H,1-6H3. The molecule has 15 heavy (non-hydrogen) atoms. The van der Waals surface area contributed by atoms with Gasteiger partial charge >= 0.3 is 0 Å². The van der Waals surface area contributed by atoms with Crippen LogP contribution in [0.2, 0.25) is 0 Å². The summed E-state index contributed by atoms with van der Waals surface area (Å²) in [6, 6.07) is 0.890. The van der Waals surface area contributed by atoms with E-state index >= 15 is 0 Å². The molecule has 2 unspecified atom stereocenters. The lowest BCUT2D eigenvalue weighted by Gasteiger charge is -2.31. The normalized spacial score (nSPS) is 16.4. The molecule has 0 aliphatic heterocycles. The molecular weight excluding hydrogens is 204 g/mol. The zero-order chi connectivity index (χ0) is 11.6. The van der Waals surface area contributed by atoms with Crippen LogP contribution in [0.5, 0.6) is 0 Å². The second kappa shape index (κ2) is 4.62. The molecule has 1 aromatic rings. The molecule has 0 aliphatic carbocycles. The second-order valence-corrected chi connectivity index (χ2v) is 6.16. The molecule has 86 valence electrons. The van der Waals surface area contributed by atoms with E-state index in [9.17, 15) is 0 Å². The molecule has 0 fully saturated rings. The summed E-state index contributed by atoms with van der Waals surface area (Å²) >= 11 is 1.74. The number of nitrogens with one attached hydrogen (secondary N) is 1. The molecule has 1 heterocycles. The SMILES string of the molecule is Cc1ncsc1C(C)NC(C)C(C)(C)C. The van der Waals surface area contributed by atoms with E-state index in [0.717, 1.165) is 5.69 Å². The molecule has 0 saturated heterocycles.